The van der Waals surface area contributed by atoms with Crippen LogP contribution in [0.3, 0.4) is 0 Å². The highest BCUT2D eigenvalue weighted by Gasteiger charge is 2.21. The van der Waals surface area contributed by atoms with Crippen molar-refractivity contribution in [1.29, 1.82) is 0 Å². The van der Waals surface area contributed by atoms with Crippen LogP contribution in [-0.4, -0.2) is 49.1 Å². The van der Waals surface area contributed by atoms with E-state index in [2.05, 4.69) is 20.5 Å². The lowest BCUT2D eigenvalue weighted by Gasteiger charge is -2.32. The van der Waals surface area contributed by atoms with Gasteiger partial charge in [-0.3, -0.25) is 9.69 Å². The van der Waals surface area contributed by atoms with Crippen LogP contribution in [0.5, 0.6) is 0 Å². The van der Waals surface area contributed by atoms with E-state index in [-0.39, 0.29) is 18.6 Å². The number of hydrogen-bond donors (Lipinski definition) is 2. The summed E-state index contributed by atoms with van der Waals surface area (Å²) >= 11 is 12.1. The maximum absolute atomic E-state index is 12.3. The van der Waals surface area contributed by atoms with Gasteiger partial charge in [-0.15, -0.1) is 0 Å². The Hall–Kier alpha value is -2.54. The number of nitrogens with one attached hydrogen (secondary N) is 2. The molecule has 1 fully saturated rings. The standard InChI is InChI=1S/C24H26Cl2N4O2/c25-21-7-6-17(12-22(21)26)15-30-10-8-20(9-11-30)29-23(31)16-32-24-27-13-19(14-28-24)18-4-2-1-3-5-18/h1-7,12-13,20H,8-11,14-16H2,(H,27,28)(H,29,31). The highest BCUT2D eigenvalue weighted by atomic mass is 35.5. The Morgan fingerprint density at radius 2 is 1.91 bits per heavy atom. The van der Waals surface area contributed by atoms with E-state index in [1.807, 2.05) is 54.7 Å². The van der Waals surface area contributed by atoms with Crippen molar-refractivity contribution in [2.45, 2.75) is 25.4 Å². The van der Waals surface area contributed by atoms with Gasteiger partial charge < -0.3 is 15.4 Å². The molecule has 4 rings (SSSR count). The summed E-state index contributed by atoms with van der Waals surface area (Å²) in [7, 11) is 0. The van der Waals surface area contributed by atoms with Gasteiger partial charge in [0, 0.05) is 31.9 Å². The number of aliphatic imine (C=N–C) groups is 1. The Kier molecular flexibility index (Phi) is 7.68. The first-order valence-electron chi connectivity index (χ1n) is 10.7. The fraction of sp³-hybridized carbons (Fsp3) is 0.333. The summed E-state index contributed by atoms with van der Waals surface area (Å²) in [6, 6.07) is 16.3. The number of piperidine rings is 1. The summed E-state index contributed by atoms with van der Waals surface area (Å²) in [5.41, 5.74) is 3.33. The Morgan fingerprint density at radius 1 is 1.12 bits per heavy atom. The van der Waals surface area contributed by atoms with Crippen molar-refractivity contribution in [3.8, 4) is 0 Å². The van der Waals surface area contributed by atoms with E-state index in [4.69, 9.17) is 27.9 Å². The van der Waals surface area contributed by atoms with E-state index in [0.717, 1.165) is 49.2 Å². The van der Waals surface area contributed by atoms with Gasteiger partial charge in [0.1, 0.15) is 0 Å². The van der Waals surface area contributed by atoms with Gasteiger partial charge in [0.15, 0.2) is 6.61 Å². The first-order chi connectivity index (χ1) is 15.6. The molecule has 8 heteroatoms. The van der Waals surface area contributed by atoms with Crippen LogP contribution in [-0.2, 0) is 16.1 Å². The number of rotatable bonds is 6. The second-order valence-corrected chi connectivity index (χ2v) is 8.77. The second kappa shape index (κ2) is 10.9. The molecule has 2 aromatic carbocycles. The number of likely N-dealkylation sites (tertiary alicyclic amines) is 1. The molecule has 2 N–H and O–H groups in total. The van der Waals surface area contributed by atoms with Gasteiger partial charge in [0.05, 0.1) is 16.6 Å². The molecule has 6 nitrogen and oxygen atoms in total. The van der Waals surface area contributed by atoms with Crippen LogP contribution in [0.25, 0.3) is 5.57 Å². The number of benzene rings is 2. The lowest BCUT2D eigenvalue weighted by atomic mass is 10.0. The lowest BCUT2D eigenvalue weighted by Crippen LogP contribution is -2.45. The monoisotopic (exact) mass is 472 g/mol. The SMILES string of the molecule is O=C(COC1=NCC(c2ccccc2)=CN1)NC1CCN(Cc2ccc(Cl)c(Cl)c2)CC1. The number of amidine groups is 1. The number of amides is 1. The van der Waals surface area contributed by atoms with Crippen molar-refractivity contribution in [1.82, 2.24) is 15.5 Å². The third kappa shape index (κ3) is 6.25. The van der Waals surface area contributed by atoms with Crippen molar-refractivity contribution in [2.75, 3.05) is 26.2 Å². The van der Waals surface area contributed by atoms with Gasteiger partial charge in [-0.2, -0.15) is 0 Å². The van der Waals surface area contributed by atoms with Gasteiger partial charge in [0.2, 0.25) is 0 Å². The van der Waals surface area contributed by atoms with Gasteiger partial charge in [-0.05, 0) is 41.7 Å². The second-order valence-electron chi connectivity index (χ2n) is 7.96. The minimum absolute atomic E-state index is 0.0518. The molecular formula is C24H26Cl2N4O2. The van der Waals surface area contributed by atoms with Crippen LogP contribution in [0.4, 0.5) is 0 Å². The summed E-state index contributed by atoms with van der Waals surface area (Å²) in [4.78, 5) is 19.0. The Bertz CT molecular complexity index is 1000. The van der Waals surface area contributed by atoms with Crippen molar-refractivity contribution in [3.63, 3.8) is 0 Å². The molecule has 32 heavy (non-hydrogen) atoms. The number of nitrogens with zero attached hydrogens (tertiary/aromatic N) is 2. The molecular weight excluding hydrogens is 447 g/mol. The van der Waals surface area contributed by atoms with Crippen molar-refractivity contribution < 1.29 is 9.53 Å². The molecule has 0 radical (unpaired) electrons. The number of ether oxygens (including phenoxy) is 1. The van der Waals surface area contributed by atoms with E-state index < -0.39 is 0 Å². The molecule has 2 aromatic rings. The average molecular weight is 473 g/mol. The molecule has 1 saturated heterocycles. The predicted octanol–water partition coefficient (Wildman–Crippen LogP) is 4.09. The fourth-order valence-corrected chi connectivity index (χ4v) is 4.17. The van der Waals surface area contributed by atoms with Crippen molar-refractivity contribution in [3.05, 3.63) is 75.9 Å². The van der Waals surface area contributed by atoms with Crippen LogP contribution >= 0.6 is 23.2 Å². The zero-order valence-electron chi connectivity index (χ0n) is 17.7. The first-order valence-corrected chi connectivity index (χ1v) is 11.5. The Balaban J connectivity index is 1.15. The van der Waals surface area contributed by atoms with E-state index >= 15 is 0 Å². The molecule has 0 atom stereocenters. The van der Waals surface area contributed by atoms with Gasteiger partial charge in [0.25, 0.3) is 11.9 Å². The van der Waals surface area contributed by atoms with Gasteiger partial charge in [-0.1, -0.05) is 59.6 Å². The predicted molar refractivity (Wildman–Crippen MR) is 129 cm³/mol. The minimum Gasteiger partial charge on any atom is -0.455 e. The number of hydrogen-bond acceptors (Lipinski definition) is 5. The fourth-order valence-electron chi connectivity index (χ4n) is 3.85. The zero-order chi connectivity index (χ0) is 22.3. The third-order valence-electron chi connectivity index (χ3n) is 5.59. The highest BCUT2D eigenvalue weighted by molar-refractivity contribution is 6.42. The number of halogens is 2. The maximum atomic E-state index is 12.3. The third-order valence-corrected chi connectivity index (χ3v) is 6.33. The maximum Gasteiger partial charge on any atom is 0.289 e. The summed E-state index contributed by atoms with van der Waals surface area (Å²) in [6.07, 6.45) is 3.67. The normalized spacial score (nSPS) is 17.2. The van der Waals surface area contributed by atoms with Crippen LogP contribution in [0.15, 0.2) is 59.7 Å². The molecule has 2 aliphatic heterocycles. The quantitative estimate of drug-likeness (QED) is 0.664. The summed E-state index contributed by atoms with van der Waals surface area (Å²) in [6.45, 7) is 3.11. The molecule has 2 heterocycles. The molecule has 0 spiro atoms. The van der Waals surface area contributed by atoms with E-state index in [1.165, 1.54) is 0 Å². The topological polar surface area (TPSA) is 66.0 Å². The molecule has 0 unspecified atom stereocenters. The number of carbonyl (C=O) groups excluding carboxylic acids is 1. The molecule has 0 saturated carbocycles. The van der Waals surface area contributed by atoms with E-state index in [9.17, 15) is 4.79 Å². The van der Waals surface area contributed by atoms with E-state index in [1.54, 1.807) is 0 Å². The molecule has 168 valence electrons. The summed E-state index contributed by atoms with van der Waals surface area (Å²) < 4.78 is 5.54. The lowest BCUT2D eigenvalue weighted by molar-refractivity contribution is -0.124. The molecule has 1 amide bonds. The summed E-state index contributed by atoms with van der Waals surface area (Å²) in [5.74, 6) is -0.129. The van der Waals surface area contributed by atoms with Crippen LogP contribution in [0.2, 0.25) is 10.0 Å². The first kappa shape index (κ1) is 22.6. The van der Waals surface area contributed by atoms with Gasteiger partial charge in [-0.25, -0.2) is 4.99 Å². The number of carbonyl (C=O) groups is 1. The van der Waals surface area contributed by atoms with Crippen LogP contribution in [0, 0.1) is 0 Å². The zero-order valence-corrected chi connectivity index (χ0v) is 19.2. The minimum atomic E-state index is -0.129. The van der Waals surface area contributed by atoms with Crippen molar-refractivity contribution in [2.24, 2.45) is 4.99 Å². The Morgan fingerprint density at radius 3 is 2.59 bits per heavy atom. The van der Waals surface area contributed by atoms with Crippen LogP contribution < -0.4 is 10.6 Å². The van der Waals surface area contributed by atoms with Crippen LogP contribution in [0.1, 0.15) is 24.0 Å². The Labute approximate surface area is 198 Å². The molecule has 0 aliphatic carbocycles. The largest absolute Gasteiger partial charge is 0.455 e. The van der Waals surface area contributed by atoms with E-state index in [0.29, 0.717) is 22.6 Å². The smallest absolute Gasteiger partial charge is 0.289 e. The highest BCUT2D eigenvalue weighted by Crippen LogP contribution is 2.24. The van der Waals surface area contributed by atoms with Gasteiger partial charge >= 0.3 is 0 Å². The summed E-state index contributed by atoms with van der Waals surface area (Å²) in [5, 5.41) is 7.24. The van der Waals surface area contributed by atoms with Crippen molar-refractivity contribution >= 4 is 40.7 Å². The molecule has 0 bridgehead atoms. The molecule has 2 aliphatic rings. The average Bonchev–Trinajstić information content (AvgIpc) is 2.82. The molecule has 0 aromatic heterocycles.